The topological polar surface area (TPSA) is 46.5 Å². The summed E-state index contributed by atoms with van der Waals surface area (Å²) in [4.78, 5) is 11.3. The average Bonchev–Trinajstić information content (AvgIpc) is 2.19. The number of carbonyl (C=O) groups excluding carboxylic acids is 1. The number of hydrogen-bond donors (Lipinski definition) is 1. The Hall–Kier alpha value is -1.19. The number of ether oxygens (including phenoxy) is 1. The molecule has 0 aliphatic rings. The van der Waals surface area contributed by atoms with E-state index in [9.17, 15) is 9.90 Å². The van der Waals surface area contributed by atoms with Crippen LogP contribution in [-0.2, 0) is 16.0 Å². The Labute approximate surface area is 83.3 Å². The lowest BCUT2D eigenvalue weighted by molar-refractivity contribution is -0.154. The number of Topliss-reactive ketones (excluding diaryl/α,β-unsaturated/α-hetero) is 1. The molecule has 0 bridgehead atoms. The molecule has 0 unspecified atom stereocenters. The van der Waals surface area contributed by atoms with Gasteiger partial charge in [0.05, 0.1) is 0 Å². The number of aliphatic hydroxyl groups is 1. The maximum atomic E-state index is 11.3. The molecular formula is C11H14O3. The molecule has 0 amide bonds. The van der Waals surface area contributed by atoms with Gasteiger partial charge in [0.25, 0.3) is 0 Å². The van der Waals surface area contributed by atoms with E-state index in [0.29, 0.717) is 6.61 Å². The van der Waals surface area contributed by atoms with Crippen LogP contribution < -0.4 is 0 Å². The third-order valence-corrected chi connectivity index (χ3v) is 1.82. The molecule has 0 saturated heterocycles. The number of carbonyl (C=O) groups is 1. The highest BCUT2D eigenvalue weighted by Gasteiger charge is 2.14. The maximum Gasteiger partial charge on any atom is 0.215 e. The van der Waals surface area contributed by atoms with Gasteiger partial charge < -0.3 is 9.84 Å². The van der Waals surface area contributed by atoms with Crippen LogP contribution in [0.3, 0.4) is 0 Å². The van der Waals surface area contributed by atoms with Crippen LogP contribution >= 0.6 is 0 Å². The normalized spacial score (nSPS) is 12.4. The number of aliphatic hydroxyl groups excluding tert-OH is 1. The quantitative estimate of drug-likeness (QED) is 0.715. The SMILES string of the molecule is CCO[C@@H](O)C(=O)Cc1ccccc1. The van der Waals surface area contributed by atoms with Crippen LogP contribution in [0.15, 0.2) is 30.3 Å². The van der Waals surface area contributed by atoms with Crippen LogP contribution in [0.2, 0.25) is 0 Å². The smallest absolute Gasteiger partial charge is 0.215 e. The van der Waals surface area contributed by atoms with Crippen molar-refractivity contribution in [2.75, 3.05) is 6.61 Å². The van der Waals surface area contributed by atoms with Crippen molar-refractivity contribution < 1.29 is 14.6 Å². The van der Waals surface area contributed by atoms with Gasteiger partial charge in [-0.3, -0.25) is 4.79 Å². The van der Waals surface area contributed by atoms with E-state index in [1.165, 1.54) is 0 Å². The van der Waals surface area contributed by atoms with Crippen molar-refractivity contribution in [3.05, 3.63) is 35.9 Å². The fourth-order valence-corrected chi connectivity index (χ4v) is 1.14. The molecule has 0 radical (unpaired) electrons. The summed E-state index contributed by atoms with van der Waals surface area (Å²) >= 11 is 0. The second-order valence-corrected chi connectivity index (χ2v) is 2.94. The summed E-state index contributed by atoms with van der Waals surface area (Å²) in [7, 11) is 0. The number of hydrogen-bond acceptors (Lipinski definition) is 3. The fraction of sp³-hybridized carbons (Fsp3) is 0.364. The van der Waals surface area contributed by atoms with Crippen molar-refractivity contribution in [2.24, 2.45) is 0 Å². The second kappa shape index (κ2) is 5.52. The first-order valence-electron chi connectivity index (χ1n) is 4.60. The summed E-state index contributed by atoms with van der Waals surface area (Å²) in [5.74, 6) is -0.307. The van der Waals surface area contributed by atoms with E-state index < -0.39 is 6.29 Å². The van der Waals surface area contributed by atoms with Crippen LogP contribution in [0.25, 0.3) is 0 Å². The van der Waals surface area contributed by atoms with Gasteiger partial charge in [-0.2, -0.15) is 0 Å². The maximum absolute atomic E-state index is 11.3. The number of rotatable bonds is 5. The highest BCUT2D eigenvalue weighted by Crippen LogP contribution is 2.02. The highest BCUT2D eigenvalue weighted by molar-refractivity contribution is 5.83. The monoisotopic (exact) mass is 194 g/mol. The van der Waals surface area contributed by atoms with Crippen molar-refractivity contribution in [3.63, 3.8) is 0 Å². The number of ketones is 1. The van der Waals surface area contributed by atoms with Gasteiger partial charge in [-0.1, -0.05) is 30.3 Å². The van der Waals surface area contributed by atoms with E-state index in [4.69, 9.17) is 4.74 Å². The molecule has 0 aromatic heterocycles. The Balaban J connectivity index is 2.49. The Morgan fingerprint density at radius 2 is 2.07 bits per heavy atom. The third-order valence-electron chi connectivity index (χ3n) is 1.82. The van der Waals surface area contributed by atoms with Gasteiger partial charge in [-0.15, -0.1) is 0 Å². The Bertz CT molecular complexity index is 282. The molecule has 0 aliphatic heterocycles. The fourth-order valence-electron chi connectivity index (χ4n) is 1.14. The standard InChI is InChI=1S/C11H14O3/c1-2-14-11(13)10(12)8-9-6-4-3-5-7-9/h3-7,11,13H,2,8H2,1H3/t11-/m1/s1. The first-order valence-corrected chi connectivity index (χ1v) is 4.60. The molecule has 1 rings (SSSR count). The van der Waals surface area contributed by atoms with Crippen molar-refractivity contribution in [1.82, 2.24) is 0 Å². The predicted octanol–water partition coefficient (Wildman–Crippen LogP) is 1.15. The number of benzene rings is 1. The van der Waals surface area contributed by atoms with Gasteiger partial charge in [0.15, 0.2) is 5.78 Å². The minimum Gasteiger partial charge on any atom is -0.362 e. The van der Waals surface area contributed by atoms with Gasteiger partial charge in [0, 0.05) is 13.0 Å². The first kappa shape index (κ1) is 10.9. The van der Waals surface area contributed by atoms with Crippen LogP contribution in [0.5, 0.6) is 0 Å². The Morgan fingerprint density at radius 3 is 2.64 bits per heavy atom. The summed E-state index contributed by atoms with van der Waals surface area (Å²) in [6.45, 7) is 2.07. The van der Waals surface area contributed by atoms with Crippen LogP contribution in [-0.4, -0.2) is 23.8 Å². The van der Waals surface area contributed by atoms with Crippen molar-refractivity contribution >= 4 is 5.78 Å². The molecule has 1 aromatic carbocycles. The van der Waals surface area contributed by atoms with Gasteiger partial charge in [0.2, 0.25) is 6.29 Å². The molecule has 14 heavy (non-hydrogen) atoms. The van der Waals surface area contributed by atoms with E-state index in [-0.39, 0.29) is 12.2 Å². The minimum absolute atomic E-state index is 0.210. The molecule has 3 nitrogen and oxygen atoms in total. The summed E-state index contributed by atoms with van der Waals surface area (Å²) in [5, 5.41) is 9.21. The molecule has 0 aliphatic carbocycles. The van der Waals surface area contributed by atoms with Crippen molar-refractivity contribution in [1.29, 1.82) is 0 Å². The average molecular weight is 194 g/mol. The Kier molecular flexibility index (Phi) is 4.29. The van der Waals surface area contributed by atoms with Crippen LogP contribution in [0.1, 0.15) is 12.5 Å². The molecule has 1 atom stereocenters. The van der Waals surface area contributed by atoms with E-state index in [1.54, 1.807) is 6.92 Å². The first-order chi connectivity index (χ1) is 6.74. The molecule has 0 heterocycles. The lowest BCUT2D eigenvalue weighted by atomic mass is 10.1. The summed E-state index contributed by atoms with van der Waals surface area (Å²) in [6, 6.07) is 9.28. The van der Waals surface area contributed by atoms with Gasteiger partial charge in [-0.25, -0.2) is 0 Å². The molecular weight excluding hydrogens is 180 g/mol. The summed E-state index contributed by atoms with van der Waals surface area (Å²) < 4.78 is 4.78. The lowest BCUT2D eigenvalue weighted by Gasteiger charge is -2.08. The zero-order valence-corrected chi connectivity index (χ0v) is 8.14. The molecule has 1 aromatic rings. The molecule has 0 spiro atoms. The van der Waals surface area contributed by atoms with Gasteiger partial charge >= 0.3 is 0 Å². The largest absolute Gasteiger partial charge is 0.362 e. The molecule has 0 saturated carbocycles. The van der Waals surface area contributed by atoms with E-state index in [1.807, 2.05) is 30.3 Å². The third kappa shape index (κ3) is 3.28. The highest BCUT2D eigenvalue weighted by atomic mass is 16.6. The molecule has 1 N–H and O–H groups in total. The second-order valence-electron chi connectivity index (χ2n) is 2.94. The van der Waals surface area contributed by atoms with E-state index in [0.717, 1.165) is 5.56 Å². The lowest BCUT2D eigenvalue weighted by Crippen LogP contribution is -2.25. The van der Waals surface area contributed by atoms with Crippen molar-refractivity contribution in [3.8, 4) is 0 Å². The van der Waals surface area contributed by atoms with Crippen LogP contribution in [0.4, 0.5) is 0 Å². The zero-order valence-electron chi connectivity index (χ0n) is 8.14. The molecule has 76 valence electrons. The van der Waals surface area contributed by atoms with Gasteiger partial charge in [0.1, 0.15) is 0 Å². The van der Waals surface area contributed by atoms with E-state index >= 15 is 0 Å². The van der Waals surface area contributed by atoms with E-state index in [2.05, 4.69) is 0 Å². The van der Waals surface area contributed by atoms with Gasteiger partial charge in [-0.05, 0) is 12.5 Å². The van der Waals surface area contributed by atoms with Crippen molar-refractivity contribution in [2.45, 2.75) is 19.6 Å². The molecule has 3 heteroatoms. The Morgan fingerprint density at radius 1 is 1.43 bits per heavy atom. The predicted molar refractivity (Wildman–Crippen MR) is 52.8 cm³/mol. The molecule has 0 fully saturated rings. The summed E-state index contributed by atoms with van der Waals surface area (Å²) in [5.41, 5.74) is 0.885. The summed E-state index contributed by atoms with van der Waals surface area (Å²) in [6.07, 6.45) is -1.08. The van der Waals surface area contributed by atoms with Crippen LogP contribution in [0, 0.1) is 0 Å². The minimum atomic E-state index is -1.29. The zero-order chi connectivity index (χ0) is 10.4.